The largest absolute Gasteiger partial charge is 0.496 e. The van der Waals surface area contributed by atoms with Crippen molar-refractivity contribution in [1.82, 2.24) is 5.32 Å². The highest BCUT2D eigenvalue weighted by Gasteiger charge is 2.20. The summed E-state index contributed by atoms with van der Waals surface area (Å²) in [5.74, 6) is -0.865. The Morgan fingerprint density at radius 1 is 1.00 bits per heavy atom. The number of esters is 1. The molecule has 0 atom stereocenters. The van der Waals surface area contributed by atoms with Gasteiger partial charge in [-0.15, -0.1) is 0 Å². The van der Waals surface area contributed by atoms with Gasteiger partial charge in [0.2, 0.25) is 0 Å². The highest BCUT2D eigenvalue weighted by atomic mass is 19.1. The maximum absolute atomic E-state index is 12.8. The molecule has 2 rings (SSSR count). The van der Waals surface area contributed by atoms with E-state index in [-0.39, 0.29) is 11.4 Å². The molecule has 0 saturated heterocycles. The van der Waals surface area contributed by atoms with Gasteiger partial charge in [0.05, 0.1) is 14.2 Å². The van der Waals surface area contributed by atoms with Crippen molar-refractivity contribution < 1.29 is 28.2 Å². The standard InChI is InChI=1S/C19H20FNO5/c1-24-15-4-3-5-16(25-2)18(15)19(23)26-12-17(22)21-11-10-13-6-8-14(20)9-7-13/h3-9H,10-12H2,1-2H3,(H,21,22). The molecule has 2 aromatic rings. The topological polar surface area (TPSA) is 73.9 Å². The van der Waals surface area contributed by atoms with Crippen LogP contribution in [0, 0.1) is 5.82 Å². The Kier molecular flexibility index (Phi) is 6.96. The number of methoxy groups -OCH3 is 2. The minimum absolute atomic E-state index is 0.122. The Morgan fingerprint density at radius 2 is 1.62 bits per heavy atom. The van der Waals surface area contributed by atoms with Gasteiger partial charge in [0.15, 0.2) is 6.61 Å². The summed E-state index contributed by atoms with van der Waals surface area (Å²) in [6.07, 6.45) is 0.542. The molecule has 6 nitrogen and oxygen atoms in total. The lowest BCUT2D eigenvalue weighted by molar-refractivity contribution is -0.124. The predicted octanol–water partition coefficient (Wildman–Crippen LogP) is 2.36. The van der Waals surface area contributed by atoms with Gasteiger partial charge >= 0.3 is 5.97 Å². The number of carbonyl (C=O) groups is 2. The fourth-order valence-electron chi connectivity index (χ4n) is 2.30. The lowest BCUT2D eigenvalue weighted by Crippen LogP contribution is -2.30. The normalized spacial score (nSPS) is 10.1. The Bertz CT molecular complexity index is 739. The van der Waals surface area contributed by atoms with Crippen LogP contribution in [0.4, 0.5) is 4.39 Å². The van der Waals surface area contributed by atoms with Gasteiger partial charge in [0.1, 0.15) is 22.9 Å². The number of rotatable bonds is 8. The van der Waals surface area contributed by atoms with E-state index in [1.54, 1.807) is 30.3 Å². The van der Waals surface area contributed by atoms with Gasteiger partial charge in [-0.1, -0.05) is 18.2 Å². The van der Waals surface area contributed by atoms with Crippen molar-refractivity contribution in [2.45, 2.75) is 6.42 Å². The molecule has 0 bridgehead atoms. The molecule has 0 aromatic heterocycles. The summed E-state index contributed by atoms with van der Waals surface area (Å²) in [6.45, 7) is -0.0799. The van der Waals surface area contributed by atoms with Crippen molar-refractivity contribution in [2.75, 3.05) is 27.4 Å². The molecule has 0 aliphatic heterocycles. The lowest BCUT2D eigenvalue weighted by Gasteiger charge is -2.12. The molecule has 0 saturated carbocycles. The molecule has 1 N–H and O–H groups in total. The van der Waals surface area contributed by atoms with E-state index >= 15 is 0 Å². The molecule has 26 heavy (non-hydrogen) atoms. The predicted molar refractivity (Wildman–Crippen MR) is 92.9 cm³/mol. The van der Waals surface area contributed by atoms with Crippen LogP contribution in [-0.4, -0.2) is 39.2 Å². The third-order valence-corrected chi connectivity index (χ3v) is 3.62. The molecular weight excluding hydrogens is 341 g/mol. The molecule has 0 radical (unpaired) electrons. The van der Waals surface area contributed by atoms with E-state index in [1.165, 1.54) is 26.4 Å². The van der Waals surface area contributed by atoms with Gasteiger partial charge in [-0.2, -0.15) is 0 Å². The number of nitrogens with one attached hydrogen (secondary N) is 1. The Balaban J connectivity index is 1.83. The van der Waals surface area contributed by atoms with Crippen LogP contribution in [-0.2, 0) is 16.0 Å². The second kappa shape index (κ2) is 9.41. The summed E-state index contributed by atoms with van der Waals surface area (Å²) >= 11 is 0. The molecule has 0 aliphatic carbocycles. The van der Waals surface area contributed by atoms with Gasteiger partial charge < -0.3 is 19.5 Å². The average Bonchev–Trinajstić information content (AvgIpc) is 2.66. The van der Waals surface area contributed by atoms with Crippen LogP contribution in [0.5, 0.6) is 11.5 Å². The van der Waals surface area contributed by atoms with E-state index in [1.807, 2.05) is 0 Å². The summed E-state index contributed by atoms with van der Waals surface area (Å²) in [7, 11) is 2.85. The van der Waals surface area contributed by atoms with Crippen molar-refractivity contribution in [1.29, 1.82) is 0 Å². The van der Waals surface area contributed by atoms with Crippen LogP contribution in [0.25, 0.3) is 0 Å². The Morgan fingerprint density at radius 3 is 2.19 bits per heavy atom. The number of benzene rings is 2. The third kappa shape index (κ3) is 5.20. The lowest BCUT2D eigenvalue weighted by atomic mass is 10.1. The van der Waals surface area contributed by atoms with Crippen molar-refractivity contribution in [3.8, 4) is 11.5 Å². The first-order valence-electron chi connectivity index (χ1n) is 7.94. The number of hydrogen-bond acceptors (Lipinski definition) is 5. The van der Waals surface area contributed by atoms with Gasteiger partial charge in [-0.3, -0.25) is 4.79 Å². The van der Waals surface area contributed by atoms with Crippen molar-refractivity contribution >= 4 is 11.9 Å². The van der Waals surface area contributed by atoms with E-state index in [4.69, 9.17) is 14.2 Å². The molecular formula is C19H20FNO5. The molecule has 0 fully saturated rings. The minimum atomic E-state index is -0.715. The highest BCUT2D eigenvalue weighted by Crippen LogP contribution is 2.28. The maximum atomic E-state index is 12.8. The molecule has 0 unspecified atom stereocenters. The first kappa shape index (κ1) is 19.2. The van der Waals surface area contributed by atoms with Gasteiger partial charge in [0.25, 0.3) is 5.91 Å². The zero-order valence-corrected chi connectivity index (χ0v) is 14.6. The SMILES string of the molecule is COc1cccc(OC)c1C(=O)OCC(=O)NCCc1ccc(F)cc1. The van der Waals surface area contributed by atoms with Gasteiger partial charge in [0, 0.05) is 6.54 Å². The summed E-state index contributed by atoms with van der Waals surface area (Å²) in [5.41, 5.74) is 1.01. The van der Waals surface area contributed by atoms with Gasteiger partial charge in [-0.05, 0) is 36.2 Å². The fraction of sp³-hybridized carbons (Fsp3) is 0.263. The molecule has 2 aromatic carbocycles. The average molecular weight is 361 g/mol. The molecule has 7 heteroatoms. The number of ether oxygens (including phenoxy) is 3. The summed E-state index contributed by atoms with van der Waals surface area (Å²) in [4.78, 5) is 24.1. The maximum Gasteiger partial charge on any atom is 0.346 e. The van der Waals surface area contributed by atoms with Crippen LogP contribution >= 0.6 is 0 Å². The number of carbonyl (C=O) groups excluding carboxylic acids is 2. The Labute approximate surface area is 150 Å². The number of hydrogen-bond donors (Lipinski definition) is 1. The van der Waals surface area contributed by atoms with E-state index in [9.17, 15) is 14.0 Å². The first-order chi connectivity index (χ1) is 12.5. The monoisotopic (exact) mass is 361 g/mol. The highest BCUT2D eigenvalue weighted by molar-refractivity contribution is 5.96. The van der Waals surface area contributed by atoms with Crippen molar-refractivity contribution in [3.63, 3.8) is 0 Å². The van der Waals surface area contributed by atoms with Crippen molar-refractivity contribution in [3.05, 3.63) is 59.4 Å². The summed E-state index contributed by atoms with van der Waals surface area (Å²) in [5, 5.41) is 2.64. The zero-order valence-electron chi connectivity index (χ0n) is 14.6. The Hall–Kier alpha value is -3.09. The van der Waals surface area contributed by atoms with E-state index in [0.717, 1.165) is 5.56 Å². The van der Waals surface area contributed by atoms with Crippen LogP contribution in [0.15, 0.2) is 42.5 Å². The zero-order chi connectivity index (χ0) is 18.9. The van der Waals surface area contributed by atoms with Crippen LogP contribution in [0.3, 0.4) is 0 Å². The smallest absolute Gasteiger partial charge is 0.346 e. The molecule has 0 heterocycles. The van der Waals surface area contributed by atoms with Crippen LogP contribution in [0.1, 0.15) is 15.9 Å². The second-order valence-corrected chi connectivity index (χ2v) is 5.34. The van der Waals surface area contributed by atoms with E-state index < -0.39 is 18.5 Å². The third-order valence-electron chi connectivity index (χ3n) is 3.62. The first-order valence-corrected chi connectivity index (χ1v) is 7.94. The molecule has 138 valence electrons. The molecule has 0 aliphatic rings. The fourth-order valence-corrected chi connectivity index (χ4v) is 2.30. The second-order valence-electron chi connectivity index (χ2n) is 5.34. The van der Waals surface area contributed by atoms with Crippen LogP contribution < -0.4 is 14.8 Å². The minimum Gasteiger partial charge on any atom is -0.496 e. The number of halogens is 1. The van der Waals surface area contributed by atoms with E-state index in [2.05, 4.69) is 5.32 Å². The number of amides is 1. The summed E-state index contributed by atoms with van der Waals surface area (Å²) < 4.78 is 28.1. The quantitative estimate of drug-likeness (QED) is 0.731. The summed E-state index contributed by atoms with van der Waals surface area (Å²) in [6, 6.07) is 10.9. The van der Waals surface area contributed by atoms with Crippen molar-refractivity contribution in [2.24, 2.45) is 0 Å². The van der Waals surface area contributed by atoms with E-state index in [0.29, 0.717) is 24.5 Å². The molecule has 0 spiro atoms. The van der Waals surface area contributed by atoms with Crippen LogP contribution in [0.2, 0.25) is 0 Å². The van der Waals surface area contributed by atoms with Gasteiger partial charge in [-0.25, -0.2) is 9.18 Å². The molecule has 1 amide bonds.